The van der Waals surface area contributed by atoms with Crippen LogP contribution in [0, 0.1) is 0 Å². The number of aliphatic carboxylic acids is 1. The molecule has 0 aliphatic carbocycles. The molecule has 3 rings (SSSR count). The fraction of sp³-hybridized carbons (Fsp3) is 0.231. The van der Waals surface area contributed by atoms with Crippen LogP contribution >= 0.6 is 11.6 Å². The number of carboxylic acids is 1. The van der Waals surface area contributed by atoms with Crippen LogP contribution in [0.4, 0.5) is 0 Å². The van der Waals surface area contributed by atoms with Crippen molar-refractivity contribution in [2.45, 2.75) is 25.8 Å². The Balaban J connectivity index is 1.63. The van der Waals surface area contributed by atoms with Crippen molar-refractivity contribution in [3.05, 3.63) is 94.0 Å². The molecule has 184 valence electrons. The standard InChI is InChI=1S/C26H26ClNO6S/c1-35(32,33)13-12-21-14-20(16-26(30)31)6-11-24(21)34-23-9-4-18(5-10-23)15-25(29)28-17-19-2-7-22(27)8-3-19/h2-11,14H,12-13,15-17H2,1H3,(H,28,29)(H,30,31). The predicted molar refractivity (Wildman–Crippen MR) is 135 cm³/mol. The number of carboxylic acid groups (broad SMARTS) is 1. The van der Waals surface area contributed by atoms with E-state index in [0.29, 0.717) is 34.2 Å². The van der Waals surface area contributed by atoms with Crippen molar-refractivity contribution >= 4 is 33.3 Å². The van der Waals surface area contributed by atoms with E-state index in [1.165, 1.54) is 0 Å². The first-order valence-corrected chi connectivity index (χ1v) is 13.3. The van der Waals surface area contributed by atoms with Gasteiger partial charge in [0.2, 0.25) is 5.91 Å². The lowest BCUT2D eigenvalue weighted by Gasteiger charge is -2.13. The van der Waals surface area contributed by atoms with Crippen LogP contribution in [0.5, 0.6) is 11.5 Å². The minimum Gasteiger partial charge on any atom is -0.481 e. The van der Waals surface area contributed by atoms with E-state index in [-0.39, 0.29) is 30.9 Å². The van der Waals surface area contributed by atoms with Crippen LogP contribution in [-0.2, 0) is 45.2 Å². The highest BCUT2D eigenvalue weighted by molar-refractivity contribution is 7.90. The third-order valence-electron chi connectivity index (χ3n) is 5.14. The number of hydrogen-bond acceptors (Lipinski definition) is 5. The molecule has 3 aromatic carbocycles. The molecule has 0 aliphatic rings. The van der Waals surface area contributed by atoms with Gasteiger partial charge in [0, 0.05) is 17.8 Å². The lowest BCUT2D eigenvalue weighted by atomic mass is 10.1. The van der Waals surface area contributed by atoms with Crippen LogP contribution in [-0.4, -0.2) is 37.4 Å². The first-order chi connectivity index (χ1) is 16.6. The van der Waals surface area contributed by atoms with Gasteiger partial charge in [-0.15, -0.1) is 0 Å². The summed E-state index contributed by atoms with van der Waals surface area (Å²) >= 11 is 5.87. The molecular weight excluding hydrogens is 490 g/mol. The Kier molecular flexibility index (Phi) is 8.89. The van der Waals surface area contributed by atoms with Crippen LogP contribution in [0.3, 0.4) is 0 Å². The summed E-state index contributed by atoms with van der Waals surface area (Å²) in [6.45, 7) is 0.408. The summed E-state index contributed by atoms with van der Waals surface area (Å²) in [5, 5.41) is 12.6. The normalized spacial score (nSPS) is 11.1. The van der Waals surface area contributed by atoms with Crippen LogP contribution in [0.2, 0.25) is 5.02 Å². The molecule has 0 saturated carbocycles. The van der Waals surface area contributed by atoms with Gasteiger partial charge in [-0.2, -0.15) is 0 Å². The van der Waals surface area contributed by atoms with Gasteiger partial charge in [0.05, 0.1) is 18.6 Å². The summed E-state index contributed by atoms with van der Waals surface area (Å²) in [6.07, 6.45) is 1.39. The minimum atomic E-state index is -3.21. The molecule has 0 saturated heterocycles. The Labute approximate surface area is 209 Å². The van der Waals surface area contributed by atoms with Crippen molar-refractivity contribution in [3.8, 4) is 11.5 Å². The maximum atomic E-state index is 12.3. The van der Waals surface area contributed by atoms with E-state index in [9.17, 15) is 18.0 Å². The van der Waals surface area contributed by atoms with Crippen molar-refractivity contribution in [1.29, 1.82) is 0 Å². The largest absolute Gasteiger partial charge is 0.481 e. The van der Waals surface area contributed by atoms with Gasteiger partial charge in [-0.05, 0) is 59.0 Å². The van der Waals surface area contributed by atoms with Crippen LogP contribution in [0.1, 0.15) is 22.3 Å². The van der Waals surface area contributed by atoms with Gasteiger partial charge in [-0.1, -0.05) is 48.0 Å². The lowest BCUT2D eigenvalue weighted by molar-refractivity contribution is -0.136. The van der Waals surface area contributed by atoms with E-state index in [4.69, 9.17) is 21.4 Å². The summed E-state index contributed by atoms with van der Waals surface area (Å²) in [7, 11) is -3.21. The predicted octanol–water partition coefficient (Wildman–Crippen LogP) is 4.21. The highest BCUT2D eigenvalue weighted by Gasteiger charge is 2.12. The molecular formula is C26H26ClNO6S. The number of amides is 1. The summed E-state index contributed by atoms with van der Waals surface area (Å²) in [6, 6.07) is 19.2. The molecule has 0 unspecified atom stereocenters. The quantitative estimate of drug-likeness (QED) is 0.396. The van der Waals surface area contributed by atoms with Crippen molar-refractivity contribution in [2.24, 2.45) is 0 Å². The lowest BCUT2D eigenvalue weighted by Crippen LogP contribution is -2.24. The highest BCUT2D eigenvalue weighted by atomic mass is 35.5. The van der Waals surface area contributed by atoms with Crippen molar-refractivity contribution in [2.75, 3.05) is 12.0 Å². The molecule has 0 fully saturated rings. The number of carbonyl (C=O) groups is 2. The van der Waals surface area contributed by atoms with Crippen LogP contribution in [0.25, 0.3) is 0 Å². The fourth-order valence-corrected chi connectivity index (χ4v) is 4.08. The molecule has 35 heavy (non-hydrogen) atoms. The van der Waals surface area contributed by atoms with Gasteiger partial charge in [0.15, 0.2) is 0 Å². The van der Waals surface area contributed by atoms with Crippen molar-refractivity contribution in [3.63, 3.8) is 0 Å². The van der Waals surface area contributed by atoms with E-state index in [0.717, 1.165) is 17.4 Å². The summed E-state index contributed by atoms with van der Waals surface area (Å²) < 4.78 is 29.2. The van der Waals surface area contributed by atoms with E-state index in [1.54, 1.807) is 54.6 Å². The number of aryl methyl sites for hydroxylation is 1. The zero-order chi connectivity index (χ0) is 25.4. The molecule has 0 atom stereocenters. The molecule has 0 spiro atoms. The average Bonchev–Trinajstić information content (AvgIpc) is 2.79. The Morgan fingerprint density at radius 2 is 1.54 bits per heavy atom. The van der Waals surface area contributed by atoms with E-state index < -0.39 is 15.8 Å². The van der Waals surface area contributed by atoms with Crippen LogP contribution in [0.15, 0.2) is 66.7 Å². The maximum Gasteiger partial charge on any atom is 0.307 e. The monoisotopic (exact) mass is 515 g/mol. The van der Waals surface area contributed by atoms with Crippen molar-refractivity contribution in [1.82, 2.24) is 5.32 Å². The van der Waals surface area contributed by atoms with Crippen LogP contribution < -0.4 is 10.1 Å². The topological polar surface area (TPSA) is 110 Å². The third kappa shape index (κ3) is 9.07. The number of sulfone groups is 1. The van der Waals surface area contributed by atoms with Gasteiger partial charge in [-0.3, -0.25) is 9.59 Å². The number of hydrogen-bond donors (Lipinski definition) is 2. The number of halogens is 1. The van der Waals surface area contributed by atoms with E-state index >= 15 is 0 Å². The first-order valence-electron chi connectivity index (χ1n) is 10.9. The second-order valence-corrected chi connectivity index (χ2v) is 10.9. The second-order valence-electron chi connectivity index (χ2n) is 8.22. The summed E-state index contributed by atoms with van der Waals surface area (Å²) in [4.78, 5) is 23.3. The SMILES string of the molecule is CS(=O)(=O)CCc1cc(CC(=O)O)ccc1Oc1ccc(CC(=O)NCc2ccc(Cl)cc2)cc1. The maximum absolute atomic E-state index is 12.3. The van der Waals surface area contributed by atoms with Gasteiger partial charge in [0.1, 0.15) is 21.3 Å². The molecule has 0 aliphatic heterocycles. The molecule has 0 radical (unpaired) electrons. The summed E-state index contributed by atoms with van der Waals surface area (Å²) in [5.41, 5.74) is 2.93. The third-order valence-corrected chi connectivity index (χ3v) is 6.34. The molecule has 0 heterocycles. The van der Waals surface area contributed by atoms with Gasteiger partial charge < -0.3 is 15.2 Å². The smallest absolute Gasteiger partial charge is 0.307 e. The Bertz CT molecular complexity index is 1290. The fourth-order valence-electron chi connectivity index (χ4n) is 3.36. The molecule has 0 bridgehead atoms. The van der Waals surface area contributed by atoms with Crippen molar-refractivity contribution < 1.29 is 27.9 Å². The van der Waals surface area contributed by atoms with E-state index in [1.807, 2.05) is 12.1 Å². The molecule has 3 aromatic rings. The van der Waals surface area contributed by atoms with E-state index in [2.05, 4.69) is 5.32 Å². The van der Waals surface area contributed by atoms with Gasteiger partial charge in [0.25, 0.3) is 0 Å². The van der Waals surface area contributed by atoms with Gasteiger partial charge in [-0.25, -0.2) is 8.42 Å². The Morgan fingerprint density at radius 1 is 0.914 bits per heavy atom. The molecule has 2 N–H and O–H groups in total. The second kappa shape index (κ2) is 11.9. The number of ether oxygens (including phenoxy) is 1. The van der Waals surface area contributed by atoms with Gasteiger partial charge >= 0.3 is 5.97 Å². The zero-order valence-corrected chi connectivity index (χ0v) is 20.7. The first kappa shape index (κ1) is 26.2. The number of nitrogens with one attached hydrogen (secondary N) is 1. The Hall–Kier alpha value is -3.36. The minimum absolute atomic E-state index is 0.0794. The highest BCUT2D eigenvalue weighted by Crippen LogP contribution is 2.28. The number of rotatable bonds is 11. The summed E-state index contributed by atoms with van der Waals surface area (Å²) in [5.74, 6) is -0.200. The zero-order valence-electron chi connectivity index (χ0n) is 19.2. The Morgan fingerprint density at radius 3 is 2.17 bits per heavy atom. The molecule has 1 amide bonds. The number of carbonyl (C=O) groups excluding carboxylic acids is 1. The molecule has 7 nitrogen and oxygen atoms in total. The average molecular weight is 516 g/mol. The molecule has 0 aromatic heterocycles. The molecule has 9 heteroatoms. The number of benzene rings is 3.